The number of hydrogen-bond acceptors (Lipinski definition) is 3. The number of aryl methyl sites for hydroxylation is 1. The van der Waals surface area contributed by atoms with E-state index in [2.05, 4.69) is 16.9 Å². The molecule has 0 unspecified atom stereocenters. The van der Waals surface area contributed by atoms with Crippen molar-refractivity contribution in [1.29, 1.82) is 0 Å². The van der Waals surface area contributed by atoms with Gasteiger partial charge in [-0.2, -0.15) is 13.2 Å². The number of aromatic nitrogens is 2. The van der Waals surface area contributed by atoms with Crippen molar-refractivity contribution in [1.82, 2.24) is 14.9 Å². The third-order valence-corrected chi connectivity index (χ3v) is 7.75. The maximum Gasteiger partial charge on any atom is 0.416 e. The molecule has 2 aliphatic rings. The highest BCUT2D eigenvalue weighted by atomic mass is 19.4. The fraction of sp³-hybridized carbons (Fsp3) is 0.500. The molecule has 2 heterocycles. The van der Waals surface area contributed by atoms with Crippen molar-refractivity contribution < 1.29 is 17.9 Å². The molecule has 7 heteroatoms. The highest BCUT2D eigenvalue weighted by molar-refractivity contribution is 5.70. The summed E-state index contributed by atoms with van der Waals surface area (Å²) >= 11 is 0. The fourth-order valence-electron chi connectivity index (χ4n) is 5.28. The molecule has 0 atom stereocenters. The third-order valence-electron chi connectivity index (χ3n) is 7.75. The first-order valence-electron chi connectivity index (χ1n) is 13.4. The van der Waals surface area contributed by atoms with Gasteiger partial charge in [0.05, 0.1) is 17.9 Å². The summed E-state index contributed by atoms with van der Waals surface area (Å²) in [6.45, 7) is 5.11. The van der Waals surface area contributed by atoms with E-state index >= 15 is 0 Å². The summed E-state index contributed by atoms with van der Waals surface area (Å²) in [5.74, 6) is 2.91. The predicted octanol–water partition coefficient (Wildman–Crippen LogP) is 7.52. The summed E-state index contributed by atoms with van der Waals surface area (Å²) < 4.78 is 46.1. The van der Waals surface area contributed by atoms with Crippen molar-refractivity contribution in [2.75, 3.05) is 26.7 Å². The van der Waals surface area contributed by atoms with Crippen LogP contribution in [0.25, 0.3) is 22.6 Å². The molecule has 0 bridgehead atoms. The lowest BCUT2D eigenvalue weighted by Gasteiger charge is -2.28. The van der Waals surface area contributed by atoms with Crippen LogP contribution in [0.15, 0.2) is 42.5 Å². The Morgan fingerprint density at radius 3 is 2.51 bits per heavy atom. The number of benzene rings is 2. The van der Waals surface area contributed by atoms with Crippen LogP contribution in [0.4, 0.5) is 13.2 Å². The summed E-state index contributed by atoms with van der Waals surface area (Å²) in [5, 5.41) is 0. The Bertz CT molecular complexity index is 1210. The summed E-state index contributed by atoms with van der Waals surface area (Å²) in [7, 11) is 2.19. The lowest BCUT2D eigenvalue weighted by molar-refractivity contribution is -0.137. The molecule has 2 aromatic carbocycles. The number of halogens is 3. The van der Waals surface area contributed by atoms with Crippen molar-refractivity contribution in [2.45, 2.75) is 58.0 Å². The molecule has 0 amide bonds. The molecule has 1 aliphatic heterocycles. The van der Waals surface area contributed by atoms with Gasteiger partial charge in [-0.3, -0.25) is 0 Å². The molecule has 1 aliphatic carbocycles. The number of likely N-dealkylation sites (tertiary alicyclic amines) is 1. The Morgan fingerprint density at radius 1 is 1.03 bits per heavy atom. The molecule has 198 valence electrons. The summed E-state index contributed by atoms with van der Waals surface area (Å²) in [4.78, 5) is 10.6. The maximum absolute atomic E-state index is 13.3. The van der Waals surface area contributed by atoms with E-state index in [0.717, 1.165) is 60.2 Å². The number of hydrogen-bond donors (Lipinski definition) is 1. The first-order chi connectivity index (χ1) is 17.8. The lowest BCUT2D eigenvalue weighted by Crippen LogP contribution is -2.30. The van der Waals surface area contributed by atoms with Crippen molar-refractivity contribution >= 4 is 0 Å². The number of piperidine rings is 1. The molecule has 37 heavy (non-hydrogen) atoms. The molecule has 0 radical (unpaired) electrons. The minimum atomic E-state index is -4.38. The van der Waals surface area contributed by atoms with Crippen LogP contribution in [-0.2, 0) is 12.6 Å². The minimum absolute atomic E-state index is 0.496. The van der Waals surface area contributed by atoms with Crippen molar-refractivity contribution in [3.05, 3.63) is 59.3 Å². The normalized spacial score (nSPS) is 17.3. The van der Waals surface area contributed by atoms with E-state index in [1.54, 1.807) is 6.07 Å². The van der Waals surface area contributed by atoms with Gasteiger partial charge in [0.1, 0.15) is 11.6 Å². The minimum Gasteiger partial charge on any atom is -0.494 e. The van der Waals surface area contributed by atoms with Gasteiger partial charge in [-0.15, -0.1) is 0 Å². The van der Waals surface area contributed by atoms with E-state index in [0.29, 0.717) is 29.6 Å². The van der Waals surface area contributed by atoms with Crippen LogP contribution < -0.4 is 4.74 Å². The van der Waals surface area contributed by atoms with E-state index in [1.807, 2.05) is 25.1 Å². The molecular weight excluding hydrogens is 475 g/mol. The van der Waals surface area contributed by atoms with Gasteiger partial charge in [-0.05, 0) is 120 Å². The van der Waals surface area contributed by atoms with Crippen LogP contribution in [0.1, 0.15) is 55.3 Å². The highest BCUT2D eigenvalue weighted by Crippen LogP contribution is 2.38. The lowest BCUT2D eigenvalue weighted by atomic mass is 9.93. The Kier molecular flexibility index (Phi) is 7.61. The molecule has 3 aromatic rings. The zero-order valence-corrected chi connectivity index (χ0v) is 21.7. The summed E-state index contributed by atoms with van der Waals surface area (Å²) in [6.07, 6.45) is 3.54. The molecule has 1 N–H and O–H groups in total. The van der Waals surface area contributed by atoms with Crippen LogP contribution in [0.5, 0.6) is 5.75 Å². The molecular formula is C30H36F3N3O. The zero-order chi connectivity index (χ0) is 26.0. The Morgan fingerprint density at radius 2 is 1.81 bits per heavy atom. The number of nitrogens with one attached hydrogen (secondary N) is 1. The monoisotopic (exact) mass is 511 g/mol. The first-order valence-corrected chi connectivity index (χ1v) is 13.4. The number of imidazole rings is 1. The van der Waals surface area contributed by atoms with Crippen molar-refractivity contribution in [3.63, 3.8) is 0 Å². The molecule has 1 saturated carbocycles. The SMILES string of the molecule is Cc1cc(OCCCC2CCN(C)CC2)ccc1-c1nc(-c2cccc(C(F)(F)F)c2)c(CC2CC2)[nH]1. The Labute approximate surface area is 217 Å². The third kappa shape index (κ3) is 6.56. The van der Waals surface area contributed by atoms with E-state index in [1.165, 1.54) is 44.5 Å². The molecule has 2 fully saturated rings. The van der Waals surface area contributed by atoms with Crippen LogP contribution in [0.2, 0.25) is 0 Å². The van der Waals surface area contributed by atoms with Crippen molar-refractivity contribution in [2.24, 2.45) is 11.8 Å². The number of alkyl halides is 3. The van der Waals surface area contributed by atoms with Crippen LogP contribution >= 0.6 is 0 Å². The zero-order valence-electron chi connectivity index (χ0n) is 21.7. The molecule has 4 nitrogen and oxygen atoms in total. The molecule has 1 aromatic heterocycles. The van der Waals surface area contributed by atoms with E-state index in [4.69, 9.17) is 9.72 Å². The second-order valence-corrected chi connectivity index (χ2v) is 10.9. The second-order valence-electron chi connectivity index (χ2n) is 10.9. The average molecular weight is 512 g/mol. The van der Waals surface area contributed by atoms with Gasteiger partial charge in [0, 0.05) is 16.8 Å². The van der Waals surface area contributed by atoms with Gasteiger partial charge in [0.2, 0.25) is 0 Å². The molecule has 5 rings (SSSR count). The van der Waals surface area contributed by atoms with Gasteiger partial charge in [-0.25, -0.2) is 4.98 Å². The fourth-order valence-corrected chi connectivity index (χ4v) is 5.28. The number of nitrogens with zero attached hydrogens (tertiary/aromatic N) is 2. The largest absolute Gasteiger partial charge is 0.494 e. The summed E-state index contributed by atoms with van der Waals surface area (Å²) in [6, 6.07) is 11.5. The van der Waals surface area contributed by atoms with Gasteiger partial charge in [0.25, 0.3) is 0 Å². The number of rotatable bonds is 9. The first kappa shape index (κ1) is 25.8. The van der Waals surface area contributed by atoms with E-state index in [-0.39, 0.29) is 0 Å². The number of aromatic amines is 1. The van der Waals surface area contributed by atoms with Crippen LogP contribution in [0, 0.1) is 18.8 Å². The number of ether oxygens (including phenoxy) is 1. The van der Waals surface area contributed by atoms with Crippen molar-refractivity contribution in [3.8, 4) is 28.4 Å². The quantitative estimate of drug-likeness (QED) is 0.302. The van der Waals surface area contributed by atoms with E-state index < -0.39 is 11.7 Å². The van der Waals surface area contributed by atoms with Gasteiger partial charge in [-0.1, -0.05) is 12.1 Å². The van der Waals surface area contributed by atoms with Gasteiger partial charge < -0.3 is 14.6 Å². The molecule has 1 saturated heterocycles. The van der Waals surface area contributed by atoms with Crippen LogP contribution in [0.3, 0.4) is 0 Å². The van der Waals surface area contributed by atoms with Gasteiger partial charge in [0.15, 0.2) is 0 Å². The topological polar surface area (TPSA) is 41.1 Å². The predicted molar refractivity (Wildman–Crippen MR) is 141 cm³/mol. The Hall–Kier alpha value is -2.80. The number of H-pyrrole nitrogens is 1. The average Bonchev–Trinajstić information content (AvgIpc) is 3.59. The van der Waals surface area contributed by atoms with Crippen LogP contribution in [-0.4, -0.2) is 41.6 Å². The summed E-state index contributed by atoms with van der Waals surface area (Å²) in [5.41, 5.74) is 3.33. The van der Waals surface area contributed by atoms with Gasteiger partial charge >= 0.3 is 6.18 Å². The molecule has 0 spiro atoms. The standard InChI is InChI=1S/C30H36F3N3O/c1-20-17-25(37-16-4-5-21-12-14-36(2)15-13-21)10-11-26(20)29-34-27(18-22-8-9-22)28(35-29)23-6-3-7-24(19-23)30(31,32)33/h3,6-7,10-11,17,19,21-22H,4-5,8-9,12-16,18H2,1-2H3,(H,34,35). The maximum atomic E-state index is 13.3. The Balaban J connectivity index is 1.29. The highest BCUT2D eigenvalue weighted by Gasteiger charge is 2.31. The second kappa shape index (κ2) is 10.9. The van der Waals surface area contributed by atoms with E-state index in [9.17, 15) is 13.2 Å². The smallest absolute Gasteiger partial charge is 0.416 e.